The number of carbonyl (C=O) groups excluding carboxylic acids is 1. The van der Waals surface area contributed by atoms with Crippen LogP contribution in [0, 0.1) is 0 Å². The number of halogens is 2. The standard InChI is InChI=1S/C21H26Cl2N2O4S/c1-14(2)17-7-5-6-8-20(17)29-12-11-24-21(26)15(3)25(30(4,27)28)19-13-16(22)9-10-18(19)23/h5-10,13-15H,11-12H2,1-4H3,(H,24,26). The number of carbonyl (C=O) groups is 1. The van der Waals surface area contributed by atoms with Crippen LogP contribution in [0.4, 0.5) is 5.69 Å². The van der Waals surface area contributed by atoms with Gasteiger partial charge < -0.3 is 10.1 Å². The molecule has 0 aliphatic rings. The van der Waals surface area contributed by atoms with E-state index in [1.54, 1.807) is 6.07 Å². The van der Waals surface area contributed by atoms with Crippen LogP contribution in [0.2, 0.25) is 10.0 Å². The van der Waals surface area contributed by atoms with Crippen molar-refractivity contribution in [3.63, 3.8) is 0 Å². The fourth-order valence-corrected chi connectivity index (χ4v) is 4.61. The van der Waals surface area contributed by atoms with Gasteiger partial charge >= 0.3 is 0 Å². The summed E-state index contributed by atoms with van der Waals surface area (Å²) in [5.74, 6) is 0.594. The topological polar surface area (TPSA) is 75.7 Å². The second-order valence-corrected chi connectivity index (χ2v) is 9.87. The van der Waals surface area contributed by atoms with Crippen LogP contribution in [0.5, 0.6) is 5.75 Å². The zero-order valence-corrected chi connectivity index (χ0v) is 19.7. The van der Waals surface area contributed by atoms with Gasteiger partial charge in [0, 0.05) is 5.02 Å². The lowest BCUT2D eigenvalue weighted by Crippen LogP contribution is -2.48. The minimum atomic E-state index is -3.79. The molecule has 2 rings (SSSR count). The minimum absolute atomic E-state index is 0.149. The van der Waals surface area contributed by atoms with Gasteiger partial charge in [-0.2, -0.15) is 0 Å². The number of ether oxygens (including phenoxy) is 1. The second-order valence-electron chi connectivity index (χ2n) is 7.16. The van der Waals surface area contributed by atoms with E-state index in [-0.39, 0.29) is 23.9 Å². The molecule has 9 heteroatoms. The number of hydrogen-bond donors (Lipinski definition) is 1. The molecule has 6 nitrogen and oxygen atoms in total. The Morgan fingerprint density at radius 3 is 2.43 bits per heavy atom. The van der Waals surface area contributed by atoms with Gasteiger partial charge in [0.25, 0.3) is 0 Å². The number of para-hydroxylation sites is 1. The number of anilines is 1. The largest absolute Gasteiger partial charge is 0.491 e. The summed E-state index contributed by atoms with van der Waals surface area (Å²) < 4.78 is 31.5. The van der Waals surface area contributed by atoms with Crippen LogP contribution in [-0.4, -0.2) is 39.8 Å². The molecule has 0 spiro atoms. The number of sulfonamides is 1. The molecule has 2 aromatic rings. The van der Waals surface area contributed by atoms with E-state index in [2.05, 4.69) is 19.2 Å². The van der Waals surface area contributed by atoms with Crippen LogP contribution in [0.1, 0.15) is 32.3 Å². The molecule has 164 valence electrons. The molecule has 30 heavy (non-hydrogen) atoms. The van der Waals surface area contributed by atoms with Crippen molar-refractivity contribution in [1.82, 2.24) is 5.32 Å². The van der Waals surface area contributed by atoms with Crippen molar-refractivity contribution in [3.05, 3.63) is 58.1 Å². The monoisotopic (exact) mass is 472 g/mol. The Balaban J connectivity index is 2.05. The molecule has 1 unspecified atom stereocenters. The van der Waals surface area contributed by atoms with Crippen LogP contribution in [0.3, 0.4) is 0 Å². The molecule has 0 bridgehead atoms. The highest BCUT2D eigenvalue weighted by atomic mass is 35.5. The first-order valence-corrected chi connectivity index (χ1v) is 12.1. The van der Waals surface area contributed by atoms with Gasteiger partial charge in [0.15, 0.2) is 0 Å². The summed E-state index contributed by atoms with van der Waals surface area (Å²) in [5.41, 5.74) is 1.23. The Kier molecular flexibility index (Phi) is 8.41. The summed E-state index contributed by atoms with van der Waals surface area (Å²) in [5, 5.41) is 3.20. The number of rotatable bonds is 9. The number of hydrogen-bond acceptors (Lipinski definition) is 4. The van der Waals surface area contributed by atoms with Gasteiger partial charge in [0.05, 0.1) is 23.5 Å². The number of amides is 1. The minimum Gasteiger partial charge on any atom is -0.491 e. The molecule has 0 saturated carbocycles. The molecule has 0 aromatic heterocycles. The first kappa shape index (κ1) is 24.3. The molecule has 0 saturated heterocycles. The highest BCUT2D eigenvalue weighted by Crippen LogP contribution is 2.32. The van der Waals surface area contributed by atoms with E-state index in [1.807, 2.05) is 24.3 Å². The summed E-state index contributed by atoms with van der Waals surface area (Å²) in [6, 6.07) is 11.1. The van der Waals surface area contributed by atoms with Crippen molar-refractivity contribution in [3.8, 4) is 5.75 Å². The SMILES string of the molecule is CC(C)c1ccccc1OCCNC(=O)C(C)N(c1cc(Cl)ccc1Cl)S(C)(=O)=O. The van der Waals surface area contributed by atoms with Crippen molar-refractivity contribution in [2.45, 2.75) is 32.7 Å². The summed E-state index contributed by atoms with van der Waals surface area (Å²) in [4.78, 5) is 12.6. The average Bonchev–Trinajstić information content (AvgIpc) is 2.67. The molecule has 1 atom stereocenters. The van der Waals surface area contributed by atoms with E-state index in [1.165, 1.54) is 19.1 Å². The van der Waals surface area contributed by atoms with Gasteiger partial charge in [0.1, 0.15) is 18.4 Å². The Labute approximate surface area is 188 Å². The maximum Gasteiger partial charge on any atom is 0.243 e. The predicted octanol–water partition coefficient (Wildman–Crippen LogP) is 4.47. The van der Waals surface area contributed by atoms with E-state index in [0.29, 0.717) is 10.9 Å². The third kappa shape index (κ3) is 6.27. The van der Waals surface area contributed by atoms with Gasteiger partial charge in [-0.15, -0.1) is 0 Å². The lowest BCUT2D eigenvalue weighted by Gasteiger charge is -2.29. The first-order chi connectivity index (χ1) is 14.0. The lowest BCUT2D eigenvalue weighted by atomic mass is 10.0. The predicted molar refractivity (Wildman–Crippen MR) is 122 cm³/mol. The first-order valence-electron chi connectivity index (χ1n) is 9.46. The summed E-state index contributed by atoms with van der Waals surface area (Å²) in [7, 11) is -3.79. The third-order valence-corrected chi connectivity index (χ3v) is 6.22. The molecule has 0 aliphatic carbocycles. The van der Waals surface area contributed by atoms with Crippen molar-refractivity contribution in [2.24, 2.45) is 0 Å². The molecule has 2 aromatic carbocycles. The van der Waals surface area contributed by atoms with Crippen LogP contribution >= 0.6 is 23.2 Å². The zero-order valence-electron chi connectivity index (χ0n) is 17.4. The Hall–Kier alpha value is -1.96. The number of nitrogens with one attached hydrogen (secondary N) is 1. The Morgan fingerprint density at radius 2 is 1.80 bits per heavy atom. The van der Waals surface area contributed by atoms with Crippen LogP contribution in [0.15, 0.2) is 42.5 Å². The highest BCUT2D eigenvalue weighted by Gasteiger charge is 2.30. The van der Waals surface area contributed by atoms with E-state index >= 15 is 0 Å². The summed E-state index contributed by atoms with van der Waals surface area (Å²) in [6.07, 6.45) is 1.01. The zero-order chi connectivity index (χ0) is 22.5. The maximum atomic E-state index is 12.6. The molecular formula is C21H26Cl2N2O4S. The number of nitrogens with zero attached hydrogens (tertiary/aromatic N) is 1. The van der Waals surface area contributed by atoms with Gasteiger partial charge in [0.2, 0.25) is 15.9 Å². The van der Waals surface area contributed by atoms with Gasteiger partial charge in [-0.25, -0.2) is 8.42 Å². The fourth-order valence-electron chi connectivity index (χ4n) is 3.01. The summed E-state index contributed by atoms with van der Waals surface area (Å²) >= 11 is 12.2. The van der Waals surface area contributed by atoms with E-state index in [9.17, 15) is 13.2 Å². The van der Waals surface area contributed by atoms with Gasteiger partial charge in [-0.05, 0) is 42.7 Å². The Morgan fingerprint density at radius 1 is 1.13 bits per heavy atom. The van der Waals surface area contributed by atoms with Crippen molar-refractivity contribution < 1.29 is 17.9 Å². The molecule has 0 fully saturated rings. The van der Waals surface area contributed by atoms with Crippen LogP contribution in [0.25, 0.3) is 0 Å². The highest BCUT2D eigenvalue weighted by molar-refractivity contribution is 7.92. The normalized spacial score (nSPS) is 12.5. The molecule has 0 heterocycles. The van der Waals surface area contributed by atoms with Gasteiger partial charge in [-0.3, -0.25) is 9.10 Å². The van der Waals surface area contributed by atoms with E-state index in [0.717, 1.165) is 21.9 Å². The van der Waals surface area contributed by atoms with Crippen molar-refractivity contribution in [1.29, 1.82) is 0 Å². The lowest BCUT2D eigenvalue weighted by molar-refractivity contribution is -0.121. The maximum absolute atomic E-state index is 12.6. The van der Waals surface area contributed by atoms with Crippen molar-refractivity contribution in [2.75, 3.05) is 23.7 Å². The molecule has 1 N–H and O–H groups in total. The third-order valence-electron chi connectivity index (χ3n) is 4.43. The quantitative estimate of drug-likeness (QED) is 0.546. The van der Waals surface area contributed by atoms with Crippen LogP contribution < -0.4 is 14.4 Å². The van der Waals surface area contributed by atoms with Gasteiger partial charge in [-0.1, -0.05) is 55.2 Å². The smallest absolute Gasteiger partial charge is 0.243 e. The molecular weight excluding hydrogens is 447 g/mol. The number of benzene rings is 2. The van der Waals surface area contributed by atoms with E-state index in [4.69, 9.17) is 27.9 Å². The fraction of sp³-hybridized carbons (Fsp3) is 0.381. The molecule has 0 aliphatic heterocycles. The second kappa shape index (κ2) is 10.4. The molecule has 0 radical (unpaired) electrons. The van der Waals surface area contributed by atoms with Crippen molar-refractivity contribution >= 4 is 44.8 Å². The average molecular weight is 473 g/mol. The Bertz CT molecular complexity index is 996. The van der Waals surface area contributed by atoms with Crippen LogP contribution in [-0.2, 0) is 14.8 Å². The summed E-state index contributed by atoms with van der Waals surface area (Å²) in [6.45, 7) is 6.11. The van der Waals surface area contributed by atoms with E-state index < -0.39 is 22.0 Å². The molecule has 1 amide bonds.